The maximum Gasteiger partial charge on any atom is 0.407 e. The van der Waals surface area contributed by atoms with Gasteiger partial charge in [-0.15, -0.1) is 0 Å². The Kier molecular flexibility index (Phi) is 11.7. The molecule has 0 radical (unpaired) electrons. The number of ether oxygens (including phenoxy) is 3. The third-order valence-corrected chi connectivity index (χ3v) is 8.67. The van der Waals surface area contributed by atoms with E-state index in [9.17, 15) is 9.59 Å². The number of nitrogens with zero attached hydrogens (tertiary/aromatic N) is 3. The summed E-state index contributed by atoms with van der Waals surface area (Å²) < 4.78 is 18.5. The molecule has 3 aromatic carbocycles. The quantitative estimate of drug-likeness (QED) is 0.154. The van der Waals surface area contributed by atoms with Crippen LogP contribution in [0.15, 0.2) is 60.7 Å². The lowest BCUT2D eigenvalue weighted by Crippen LogP contribution is -2.27. The number of amides is 2. The molecule has 5 rings (SSSR count). The van der Waals surface area contributed by atoms with Gasteiger partial charge in [-0.25, -0.2) is 9.78 Å². The van der Waals surface area contributed by atoms with Gasteiger partial charge in [0, 0.05) is 30.3 Å². The topological polar surface area (TPSA) is 107 Å². The molecule has 0 bridgehead atoms. The largest absolute Gasteiger partial charge is 0.493 e. The average molecular weight is 642 g/mol. The molecule has 10 heteroatoms. The first-order valence-electron chi connectivity index (χ1n) is 16.5. The smallest absolute Gasteiger partial charge is 0.407 e. The van der Waals surface area contributed by atoms with Crippen LogP contribution in [0.4, 0.5) is 4.79 Å². The fraction of sp³-hybridized carbons (Fsp3) is 0.432. The van der Waals surface area contributed by atoms with Gasteiger partial charge in [-0.1, -0.05) is 49.6 Å². The molecular formula is C37H47N5O5. The highest BCUT2D eigenvalue weighted by atomic mass is 16.5. The highest BCUT2D eigenvalue weighted by Gasteiger charge is 2.23. The fourth-order valence-corrected chi connectivity index (χ4v) is 6.15. The second-order valence-corrected chi connectivity index (χ2v) is 12.4. The van der Waals surface area contributed by atoms with Crippen LogP contribution >= 0.6 is 0 Å². The molecule has 0 unspecified atom stereocenters. The maximum absolute atomic E-state index is 13.2. The minimum absolute atomic E-state index is 0.132. The van der Waals surface area contributed by atoms with Gasteiger partial charge in [0.1, 0.15) is 12.4 Å². The summed E-state index contributed by atoms with van der Waals surface area (Å²) in [5, 5.41) is 5.86. The molecule has 1 aromatic heterocycles. The van der Waals surface area contributed by atoms with Crippen molar-refractivity contribution in [3.05, 3.63) is 77.4 Å². The molecule has 0 aliphatic heterocycles. The summed E-state index contributed by atoms with van der Waals surface area (Å²) in [6.07, 6.45) is 6.97. The van der Waals surface area contributed by atoms with E-state index >= 15 is 0 Å². The predicted octanol–water partition coefficient (Wildman–Crippen LogP) is 6.38. The van der Waals surface area contributed by atoms with Gasteiger partial charge in [0.05, 0.1) is 25.3 Å². The maximum atomic E-state index is 13.2. The summed E-state index contributed by atoms with van der Waals surface area (Å²) in [4.78, 5) is 32.5. The van der Waals surface area contributed by atoms with Crippen LogP contribution in [0, 0.1) is 0 Å². The van der Waals surface area contributed by atoms with Gasteiger partial charge in [-0.05, 0) is 87.8 Å². The molecule has 10 nitrogen and oxygen atoms in total. The first kappa shape index (κ1) is 33.8. The van der Waals surface area contributed by atoms with Crippen molar-refractivity contribution < 1.29 is 23.8 Å². The molecule has 0 saturated heterocycles. The summed E-state index contributed by atoms with van der Waals surface area (Å²) in [5.74, 6) is 2.11. The Labute approximate surface area is 277 Å². The standard InChI is InChI=1S/C37H47N5O5/c1-41(2)22-8-20-39-37(44)47-25-27-11-14-28(15-12-27)35-40-31-24-29(16-17-32(31)42(35)30-9-6-5-7-10-30)36(43)38-21-19-26-13-18-33(45-3)34(23-26)46-4/h11-18,23-24,30H,5-10,19-22,25H2,1-4H3,(H,38,43)(H,39,44). The van der Waals surface area contributed by atoms with E-state index in [1.165, 1.54) is 19.3 Å². The number of hydrogen-bond acceptors (Lipinski definition) is 7. The Morgan fingerprint density at radius 1 is 0.872 bits per heavy atom. The zero-order valence-electron chi connectivity index (χ0n) is 28.0. The molecular weight excluding hydrogens is 594 g/mol. The van der Waals surface area contributed by atoms with Crippen molar-refractivity contribution in [3.63, 3.8) is 0 Å². The van der Waals surface area contributed by atoms with Crippen molar-refractivity contribution in [1.82, 2.24) is 25.1 Å². The molecule has 1 fully saturated rings. The van der Waals surface area contributed by atoms with Gasteiger partial charge in [0.25, 0.3) is 5.91 Å². The molecule has 1 heterocycles. The van der Waals surface area contributed by atoms with Crippen LogP contribution < -0.4 is 20.1 Å². The van der Waals surface area contributed by atoms with E-state index in [-0.39, 0.29) is 12.5 Å². The molecule has 47 heavy (non-hydrogen) atoms. The van der Waals surface area contributed by atoms with E-state index < -0.39 is 6.09 Å². The number of hydrogen-bond donors (Lipinski definition) is 2. The van der Waals surface area contributed by atoms with Gasteiger partial charge < -0.3 is 34.3 Å². The highest BCUT2D eigenvalue weighted by molar-refractivity contribution is 5.98. The van der Waals surface area contributed by atoms with E-state index in [1.54, 1.807) is 14.2 Å². The van der Waals surface area contributed by atoms with Crippen molar-refractivity contribution in [2.75, 3.05) is 47.9 Å². The number of fused-ring (bicyclic) bond motifs is 1. The van der Waals surface area contributed by atoms with E-state index in [2.05, 4.69) is 20.1 Å². The number of benzene rings is 3. The van der Waals surface area contributed by atoms with Crippen molar-refractivity contribution in [3.8, 4) is 22.9 Å². The van der Waals surface area contributed by atoms with Crippen LogP contribution in [0.3, 0.4) is 0 Å². The molecule has 250 valence electrons. The van der Waals surface area contributed by atoms with Crippen molar-refractivity contribution >= 4 is 23.0 Å². The first-order valence-corrected chi connectivity index (χ1v) is 16.5. The normalized spacial score (nSPS) is 13.5. The number of nitrogens with one attached hydrogen (secondary N) is 2. The lowest BCUT2D eigenvalue weighted by atomic mass is 9.94. The van der Waals surface area contributed by atoms with Gasteiger partial charge in [-0.3, -0.25) is 4.79 Å². The second-order valence-electron chi connectivity index (χ2n) is 12.4. The Balaban J connectivity index is 1.27. The van der Waals surface area contributed by atoms with E-state index in [0.29, 0.717) is 42.6 Å². The molecule has 2 amide bonds. The molecule has 0 spiro atoms. The number of carbonyl (C=O) groups is 2. The predicted molar refractivity (Wildman–Crippen MR) is 184 cm³/mol. The Bertz CT molecular complexity index is 1640. The fourth-order valence-electron chi connectivity index (χ4n) is 6.15. The van der Waals surface area contributed by atoms with Crippen molar-refractivity contribution in [2.45, 2.75) is 57.6 Å². The first-order chi connectivity index (χ1) is 22.9. The van der Waals surface area contributed by atoms with Crippen LogP contribution in [0.2, 0.25) is 0 Å². The number of methoxy groups -OCH3 is 2. The van der Waals surface area contributed by atoms with Crippen molar-refractivity contribution in [2.24, 2.45) is 0 Å². The SMILES string of the molecule is COc1ccc(CCNC(=O)c2ccc3c(c2)nc(-c2ccc(COC(=O)NCCCN(C)C)cc2)n3C2CCCCC2)cc1OC. The van der Waals surface area contributed by atoms with Gasteiger partial charge in [0.15, 0.2) is 11.5 Å². The molecule has 0 atom stereocenters. The van der Waals surface area contributed by atoms with Crippen LogP contribution in [0.5, 0.6) is 11.5 Å². The average Bonchev–Trinajstić information content (AvgIpc) is 3.48. The zero-order chi connectivity index (χ0) is 33.2. The van der Waals surface area contributed by atoms with Crippen LogP contribution in [0.1, 0.15) is 66.1 Å². The number of aromatic nitrogens is 2. The Morgan fingerprint density at radius 3 is 2.34 bits per heavy atom. The lowest BCUT2D eigenvalue weighted by Gasteiger charge is -2.25. The van der Waals surface area contributed by atoms with Gasteiger partial charge in [0.2, 0.25) is 0 Å². The zero-order valence-corrected chi connectivity index (χ0v) is 28.0. The van der Waals surface area contributed by atoms with Crippen molar-refractivity contribution in [1.29, 1.82) is 0 Å². The minimum Gasteiger partial charge on any atom is -0.493 e. The summed E-state index contributed by atoms with van der Waals surface area (Å²) in [5.41, 5.74) is 5.36. The third kappa shape index (κ3) is 8.83. The van der Waals surface area contributed by atoms with Gasteiger partial charge >= 0.3 is 6.09 Å². The van der Waals surface area contributed by atoms with E-state index in [1.807, 2.05) is 74.8 Å². The Morgan fingerprint density at radius 2 is 1.62 bits per heavy atom. The number of alkyl carbamates (subject to hydrolysis) is 1. The van der Waals surface area contributed by atoms with Crippen LogP contribution in [-0.4, -0.2) is 74.4 Å². The lowest BCUT2D eigenvalue weighted by molar-refractivity contribution is 0.0954. The third-order valence-electron chi connectivity index (χ3n) is 8.67. The summed E-state index contributed by atoms with van der Waals surface area (Å²) in [6, 6.07) is 20.0. The minimum atomic E-state index is -0.410. The molecule has 1 aliphatic rings. The van der Waals surface area contributed by atoms with Gasteiger partial charge in [-0.2, -0.15) is 0 Å². The highest BCUT2D eigenvalue weighted by Crippen LogP contribution is 2.36. The molecule has 1 saturated carbocycles. The monoisotopic (exact) mass is 641 g/mol. The summed E-state index contributed by atoms with van der Waals surface area (Å²) >= 11 is 0. The van der Waals surface area contributed by atoms with E-state index in [4.69, 9.17) is 19.2 Å². The molecule has 1 aliphatic carbocycles. The van der Waals surface area contributed by atoms with Crippen LogP contribution in [-0.2, 0) is 17.8 Å². The molecule has 4 aromatic rings. The summed E-state index contributed by atoms with van der Waals surface area (Å²) in [6.45, 7) is 2.17. The summed E-state index contributed by atoms with van der Waals surface area (Å²) in [7, 11) is 7.24. The number of rotatable bonds is 14. The van der Waals surface area contributed by atoms with Crippen LogP contribution in [0.25, 0.3) is 22.4 Å². The Hall–Kier alpha value is -4.57. The second kappa shape index (κ2) is 16.3. The van der Waals surface area contributed by atoms with E-state index in [0.717, 1.165) is 59.4 Å². The number of carbonyl (C=O) groups excluding carboxylic acids is 2. The number of imidazole rings is 1. The molecule has 2 N–H and O–H groups in total.